The van der Waals surface area contributed by atoms with Crippen molar-refractivity contribution in [2.75, 3.05) is 26.1 Å². The van der Waals surface area contributed by atoms with E-state index in [2.05, 4.69) is 4.98 Å². The number of rotatable bonds is 3. The fourth-order valence-electron chi connectivity index (χ4n) is 2.06. The number of methoxy groups -OCH3 is 1. The minimum absolute atomic E-state index is 0.627. The van der Waals surface area contributed by atoms with Crippen LogP contribution in [0, 0.1) is 6.92 Å². The third kappa shape index (κ3) is 1.90. The molecule has 0 spiro atoms. The van der Waals surface area contributed by atoms with Crippen molar-refractivity contribution in [3.05, 3.63) is 29.5 Å². The Morgan fingerprint density at radius 1 is 1.33 bits per heavy atom. The number of aryl methyl sites for hydroxylation is 1. The van der Waals surface area contributed by atoms with Crippen molar-refractivity contribution in [2.45, 2.75) is 6.92 Å². The minimum atomic E-state index is 0.627. The van der Waals surface area contributed by atoms with Gasteiger partial charge in [-0.15, -0.1) is 0 Å². The standard InChI is InChI=1S/C14H16N2O2/c1-9-7-11(16(2)3)13-10(8-17)5-6-12(18-4)14(13)15-9/h5-8H,1-4H3. The summed E-state index contributed by atoms with van der Waals surface area (Å²) in [7, 11) is 5.50. The number of pyridine rings is 1. The average molecular weight is 244 g/mol. The second-order valence-electron chi connectivity index (χ2n) is 4.38. The molecule has 0 unspecified atom stereocenters. The monoisotopic (exact) mass is 244 g/mol. The normalized spacial score (nSPS) is 10.4. The highest BCUT2D eigenvalue weighted by molar-refractivity contribution is 6.06. The topological polar surface area (TPSA) is 42.4 Å². The van der Waals surface area contributed by atoms with E-state index in [1.165, 1.54) is 0 Å². The van der Waals surface area contributed by atoms with Gasteiger partial charge >= 0.3 is 0 Å². The summed E-state index contributed by atoms with van der Waals surface area (Å²) in [5.74, 6) is 0.683. The molecule has 0 saturated carbocycles. The molecule has 0 atom stereocenters. The number of aldehydes is 1. The molecule has 2 aromatic rings. The molecule has 94 valence electrons. The first-order valence-corrected chi connectivity index (χ1v) is 5.69. The van der Waals surface area contributed by atoms with Gasteiger partial charge in [-0.1, -0.05) is 0 Å². The lowest BCUT2D eigenvalue weighted by atomic mass is 10.1. The van der Waals surface area contributed by atoms with Gasteiger partial charge in [-0.2, -0.15) is 0 Å². The molecule has 1 aromatic heterocycles. The number of benzene rings is 1. The van der Waals surface area contributed by atoms with Gasteiger partial charge in [-0.3, -0.25) is 4.79 Å². The summed E-state index contributed by atoms with van der Waals surface area (Å²) < 4.78 is 5.32. The van der Waals surface area contributed by atoms with Crippen LogP contribution in [0.15, 0.2) is 18.2 Å². The first kappa shape index (κ1) is 12.4. The van der Waals surface area contributed by atoms with Crippen molar-refractivity contribution < 1.29 is 9.53 Å². The lowest BCUT2D eigenvalue weighted by molar-refractivity contribution is 0.112. The smallest absolute Gasteiger partial charge is 0.150 e. The van der Waals surface area contributed by atoms with E-state index in [9.17, 15) is 4.79 Å². The molecule has 0 bridgehead atoms. The van der Waals surface area contributed by atoms with E-state index in [1.54, 1.807) is 19.2 Å². The molecule has 1 heterocycles. The molecular weight excluding hydrogens is 228 g/mol. The van der Waals surface area contributed by atoms with E-state index >= 15 is 0 Å². The van der Waals surface area contributed by atoms with Gasteiger partial charge in [0.2, 0.25) is 0 Å². The highest BCUT2D eigenvalue weighted by Crippen LogP contribution is 2.33. The maximum absolute atomic E-state index is 11.2. The van der Waals surface area contributed by atoms with Gasteiger partial charge in [0.05, 0.1) is 7.11 Å². The van der Waals surface area contributed by atoms with E-state index in [-0.39, 0.29) is 0 Å². The number of nitrogens with zero attached hydrogens (tertiary/aromatic N) is 2. The van der Waals surface area contributed by atoms with Gasteiger partial charge in [0.25, 0.3) is 0 Å². The molecule has 18 heavy (non-hydrogen) atoms. The molecule has 2 rings (SSSR count). The Morgan fingerprint density at radius 2 is 2.06 bits per heavy atom. The zero-order chi connectivity index (χ0) is 13.3. The Balaban J connectivity index is 2.96. The third-order valence-corrected chi connectivity index (χ3v) is 2.89. The molecule has 1 aromatic carbocycles. The first-order valence-electron chi connectivity index (χ1n) is 5.69. The average Bonchev–Trinajstić information content (AvgIpc) is 2.36. The summed E-state index contributed by atoms with van der Waals surface area (Å²) in [5, 5.41) is 0.833. The summed E-state index contributed by atoms with van der Waals surface area (Å²) in [6.45, 7) is 1.93. The number of aromatic nitrogens is 1. The largest absolute Gasteiger partial charge is 0.494 e. The van der Waals surface area contributed by atoms with Crippen LogP contribution in [0.3, 0.4) is 0 Å². The molecule has 0 amide bonds. The van der Waals surface area contributed by atoms with E-state index in [4.69, 9.17) is 4.74 Å². The van der Waals surface area contributed by atoms with Crippen molar-refractivity contribution in [3.8, 4) is 5.75 Å². The van der Waals surface area contributed by atoms with Gasteiger partial charge in [0, 0.05) is 36.4 Å². The van der Waals surface area contributed by atoms with Crippen LogP contribution in [0.1, 0.15) is 16.1 Å². The number of fused-ring (bicyclic) bond motifs is 1. The zero-order valence-corrected chi connectivity index (χ0v) is 11.0. The number of ether oxygens (including phenoxy) is 1. The molecule has 0 fully saturated rings. The van der Waals surface area contributed by atoms with E-state index in [0.717, 1.165) is 28.6 Å². The van der Waals surface area contributed by atoms with Crippen LogP contribution >= 0.6 is 0 Å². The predicted octanol–water partition coefficient (Wildman–Crippen LogP) is 2.43. The number of anilines is 1. The lowest BCUT2D eigenvalue weighted by Gasteiger charge is -2.18. The van der Waals surface area contributed by atoms with Gasteiger partial charge in [-0.05, 0) is 25.1 Å². The number of carbonyl (C=O) groups is 1. The third-order valence-electron chi connectivity index (χ3n) is 2.89. The Hall–Kier alpha value is -2.10. The van der Waals surface area contributed by atoms with Crippen molar-refractivity contribution in [2.24, 2.45) is 0 Å². The van der Waals surface area contributed by atoms with Crippen LogP contribution in [0.25, 0.3) is 10.9 Å². The van der Waals surface area contributed by atoms with Gasteiger partial charge in [0.15, 0.2) is 6.29 Å². The fourth-order valence-corrected chi connectivity index (χ4v) is 2.06. The second-order valence-corrected chi connectivity index (χ2v) is 4.38. The Morgan fingerprint density at radius 3 is 2.61 bits per heavy atom. The summed E-state index contributed by atoms with van der Waals surface area (Å²) in [6, 6.07) is 5.50. The second kappa shape index (κ2) is 4.64. The minimum Gasteiger partial charge on any atom is -0.494 e. The maximum Gasteiger partial charge on any atom is 0.150 e. The molecule has 0 aliphatic carbocycles. The van der Waals surface area contributed by atoms with Crippen molar-refractivity contribution in [1.82, 2.24) is 4.98 Å². The van der Waals surface area contributed by atoms with Crippen LogP contribution in [0.4, 0.5) is 5.69 Å². The number of hydrogen-bond donors (Lipinski definition) is 0. The first-order chi connectivity index (χ1) is 8.58. The molecule has 4 heteroatoms. The molecule has 0 saturated heterocycles. The van der Waals surface area contributed by atoms with Crippen molar-refractivity contribution in [3.63, 3.8) is 0 Å². The molecule has 0 aliphatic heterocycles. The number of carbonyl (C=O) groups excluding carboxylic acids is 1. The zero-order valence-electron chi connectivity index (χ0n) is 11.0. The highest BCUT2D eigenvalue weighted by Gasteiger charge is 2.14. The molecule has 0 aliphatic rings. The van der Waals surface area contributed by atoms with Crippen LogP contribution in [0.5, 0.6) is 5.75 Å². The quantitative estimate of drug-likeness (QED) is 0.778. The van der Waals surface area contributed by atoms with Crippen molar-refractivity contribution in [1.29, 1.82) is 0 Å². The summed E-state index contributed by atoms with van der Waals surface area (Å²) in [5.41, 5.74) is 3.22. The molecular formula is C14H16N2O2. The SMILES string of the molecule is COc1ccc(C=O)c2c(N(C)C)cc(C)nc12. The van der Waals surface area contributed by atoms with E-state index in [0.29, 0.717) is 11.3 Å². The lowest BCUT2D eigenvalue weighted by Crippen LogP contribution is -2.11. The van der Waals surface area contributed by atoms with Crippen LogP contribution in [-0.4, -0.2) is 32.5 Å². The van der Waals surface area contributed by atoms with E-state index in [1.807, 2.05) is 32.0 Å². The summed E-state index contributed by atoms with van der Waals surface area (Å²) in [6.07, 6.45) is 0.853. The van der Waals surface area contributed by atoms with Crippen LogP contribution < -0.4 is 9.64 Å². The van der Waals surface area contributed by atoms with Gasteiger partial charge in [0.1, 0.15) is 11.3 Å². The van der Waals surface area contributed by atoms with Gasteiger partial charge in [-0.25, -0.2) is 4.98 Å². The van der Waals surface area contributed by atoms with Crippen LogP contribution in [-0.2, 0) is 0 Å². The van der Waals surface area contributed by atoms with Gasteiger partial charge < -0.3 is 9.64 Å². The highest BCUT2D eigenvalue weighted by atomic mass is 16.5. The van der Waals surface area contributed by atoms with Crippen molar-refractivity contribution >= 4 is 22.9 Å². The number of hydrogen-bond acceptors (Lipinski definition) is 4. The fraction of sp³-hybridized carbons (Fsp3) is 0.286. The molecule has 4 nitrogen and oxygen atoms in total. The molecule has 0 N–H and O–H groups in total. The van der Waals surface area contributed by atoms with Crippen LogP contribution in [0.2, 0.25) is 0 Å². The summed E-state index contributed by atoms with van der Waals surface area (Å²) >= 11 is 0. The van der Waals surface area contributed by atoms with E-state index < -0.39 is 0 Å². The Labute approximate surface area is 106 Å². The maximum atomic E-state index is 11.2. The Bertz CT molecular complexity index is 606. The predicted molar refractivity (Wildman–Crippen MR) is 72.7 cm³/mol. The Kier molecular flexibility index (Phi) is 3.19. The molecule has 0 radical (unpaired) electrons. The summed E-state index contributed by atoms with van der Waals surface area (Å²) in [4.78, 5) is 17.7.